The minimum absolute atomic E-state index is 0.623. The lowest BCUT2D eigenvalue weighted by atomic mass is 10.1. The SMILES string of the molecule is Nc1ccc(Cc2nnc3ncccn23)cc1. The molecule has 0 saturated carbocycles. The molecule has 5 nitrogen and oxygen atoms in total. The number of rotatable bonds is 2. The molecule has 2 heterocycles. The van der Waals surface area contributed by atoms with Crippen LogP contribution < -0.4 is 5.73 Å². The van der Waals surface area contributed by atoms with Crippen LogP contribution in [0.1, 0.15) is 11.4 Å². The summed E-state index contributed by atoms with van der Waals surface area (Å²) in [7, 11) is 0. The number of hydrogen-bond acceptors (Lipinski definition) is 4. The van der Waals surface area contributed by atoms with E-state index in [-0.39, 0.29) is 0 Å². The minimum atomic E-state index is 0.623. The maximum atomic E-state index is 5.65. The summed E-state index contributed by atoms with van der Waals surface area (Å²) in [5, 5.41) is 8.14. The van der Waals surface area contributed by atoms with Crippen LogP contribution in [-0.4, -0.2) is 19.6 Å². The summed E-state index contributed by atoms with van der Waals surface area (Å²) in [5.41, 5.74) is 7.56. The molecule has 0 saturated heterocycles. The van der Waals surface area contributed by atoms with Gasteiger partial charge in [0.05, 0.1) is 0 Å². The molecule has 1 aromatic carbocycles. The fourth-order valence-electron chi connectivity index (χ4n) is 1.73. The van der Waals surface area contributed by atoms with Gasteiger partial charge in [0.25, 0.3) is 5.78 Å². The molecule has 0 atom stereocenters. The van der Waals surface area contributed by atoms with Gasteiger partial charge in [-0.1, -0.05) is 12.1 Å². The summed E-state index contributed by atoms with van der Waals surface area (Å²) in [5.74, 6) is 1.50. The number of benzene rings is 1. The maximum absolute atomic E-state index is 5.65. The van der Waals surface area contributed by atoms with Crippen molar-refractivity contribution >= 4 is 11.5 Å². The fourth-order valence-corrected chi connectivity index (χ4v) is 1.73. The molecule has 0 aliphatic heterocycles. The van der Waals surface area contributed by atoms with E-state index in [2.05, 4.69) is 15.2 Å². The standard InChI is InChI=1S/C12H11N5/c13-10-4-2-9(3-5-10)8-11-15-16-12-14-6-1-7-17(11)12/h1-7H,8,13H2. The number of nitrogens with zero attached hydrogens (tertiary/aromatic N) is 4. The Labute approximate surface area is 97.9 Å². The second kappa shape index (κ2) is 3.86. The van der Waals surface area contributed by atoms with E-state index in [0.29, 0.717) is 12.2 Å². The molecule has 5 heteroatoms. The Kier molecular flexibility index (Phi) is 2.22. The molecule has 0 fully saturated rings. The number of hydrogen-bond donors (Lipinski definition) is 1. The van der Waals surface area contributed by atoms with Gasteiger partial charge in [-0.25, -0.2) is 4.98 Å². The zero-order chi connectivity index (χ0) is 11.7. The normalized spacial score (nSPS) is 10.8. The molecule has 0 unspecified atom stereocenters. The zero-order valence-corrected chi connectivity index (χ0v) is 9.11. The monoisotopic (exact) mass is 225 g/mol. The first-order chi connectivity index (χ1) is 8.33. The molecule has 0 aliphatic carbocycles. The Hall–Kier alpha value is -2.43. The predicted octanol–water partition coefficient (Wildman–Crippen LogP) is 1.30. The second-order valence-corrected chi connectivity index (χ2v) is 3.82. The molecule has 0 radical (unpaired) electrons. The zero-order valence-electron chi connectivity index (χ0n) is 9.11. The van der Waals surface area contributed by atoms with Crippen LogP contribution in [0.25, 0.3) is 5.78 Å². The van der Waals surface area contributed by atoms with Crippen LogP contribution in [0, 0.1) is 0 Å². The maximum Gasteiger partial charge on any atom is 0.254 e. The molecule has 2 N–H and O–H groups in total. The largest absolute Gasteiger partial charge is 0.399 e. The Balaban J connectivity index is 1.97. The van der Waals surface area contributed by atoms with Crippen molar-refractivity contribution in [2.45, 2.75) is 6.42 Å². The van der Waals surface area contributed by atoms with E-state index in [1.165, 1.54) is 0 Å². The lowest BCUT2D eigenvalue weighted by Gasteiger charge is -2.00. The molecular formula is C12H11N5. The minimum Gasteiger partial charge on any atom is -0.399 e. The van der Waals surface area contributed by atoms with Crippen molar-refractivity contribution in [2.75, 3.05) is 5.73 Å². The first kappa shape index (κ1) is 9.77. The van der Waals surface area contributed by atoms with Gasteiger partial charge in [-0.15, -0.1) is 10.2 Å². The second-order valence-electron chi connectivity index (χ2n) is 3.82. The van der Waals surface area contributed by atoms with Gasteiger partial charge in [0.15, 0.2) is 0 Å². The van der Waals surface area contributed by atoms with E-state index < -0.39 is 0 Å². The van der Waals surface area contributed by atoms with E-state index >= 15 is 0 Å². The lowest BCUT2D eigenvalue weighted by Crippen LogP contribution is -1.97. The molecule has 0 aliphatic rings. The van der Waals surface area contributed by atoms with Crippen LogP contribution in [0.4, 0.5) is 5.69 Å². The quantitative estimate of drug-likeness (QED) is 0.667. The van der Waals surface area contributed by atoms with Gasteiger partial charge in [0, 0.05) is 24.5 Å². The highest BCUT2D eigenvalue weighted by atomic mass is 15.3. The van der Waals surface area contributed by atoms with Gasteiger partial charge in [-0.05, 0) is 23.8 Å². The summed E-state index contributed by atoms with van der Waals surface area (Å²) >= 11 is 0. The Morgan fingerprint density at radius 3 is 2.76 bits per heavy atom. The summed E-state index contributed by atoms with van der Waals surface area (Å²) in [6.07, 6.45) is 4.33. The van der Waals surface area contributed by atoms with Crippen molar-refractivity contribution in [2.24, 2.45) is 0 Å². The van der Waals surface area contributed by atoms with Crippen LogP contribution in [0.2, 0.25) is 0 Å². The van der Waals surface area contributed by atoms with Gasteiger partial charge in [-0.3, -0.25) is 4.40 Å². The van der Waals surface area contributed by atoms with E-state index in [4.69, 9.17) is 5.73 Å². The Bertz CT molecular complexity index is 641. The first-order valence-corrected chi connectivity index (χ1v) is 5.32. The van der Waals surface area contributed by atoms with Crippen LogP contribution >= 0.6 is 0 Å². The van der Waals surface area contributed by atoms with E-state index in [0.717, 1.165) is 17.1 Å². The van der Waals surface area contributed by atoms with E-state index in [9.17, 15) is 0 Å². The third kappa shape index (κ3) is 1.82. The number of anilines is 1. The summed E-state index contributed by atoms with van der Waals surface area (Å²) in [6.45, 7) is 0. The number of nitrogens with two attached hydrogens (primary N) is 1. The molecule has 2 aromatic heterocycles. The number of aromatic nitrogens is 4. The lowest BCUT2D eigenvalue weighted by molar-refractivity contribution is 0.932. The van der Waals surface area contributed by atoms with Crippen molar-refractivity contribution < 1.29 is 0 Å². The molecule has 84 valence electrons. The molecule has 0 amide bonds. The van der Waals surface area contributed by atoms with Crippen LogP contribution in [0.3, 0.4) is 0 Å². The third-order valence-corrected chi connectivity index (χ3v) is 2.60. The molecule has 3 aromatic rings. The summed E-state index contributed by atoms with van der Waals surface area (Å²) in [6, 6.07) is 9.62. The van der Waals surface area contributed by atoms with Crippen molar-refractivity contribution in [1.82, 2.24) is 19.6 Å². The van der Waals surface area contributed by atoms with Crippen molar-refractivity contribution in [1.29, 1.82) is 0 Å². The van der Waals surface area contributed by atoms with Gasteiger partial charge in [0.2, 0.25) is 0 Å². The van der Waals surface area contributed by atoms with Crippen molar-refractivity contribution in [3.8, 4) is 0 Å². The number of nitrogen functional groups attached to an aromatic ring is 1. The predicted molar refractivity (Wildman–Crippen MR) is 64.4 cm³/mol. The Morgan fingerprint density at radius 1 is 1.12 bits per heavy atom. The highest BCUT2D eigenvalue weighted by molar-refractivity contribution is 5.40. The Morgan fingerprint density at radius 2 is 1.94 bits per heavy atom. The fraction of sp³-hybridized carbons (Fsp3) is 0.0833. The van der Waals surface area contributed by atoms with Gasteiger partial charge >= 0.3 is 0 Å². The van der Waals surface area contributed by atoms with Crippen molar-refractivity contribution in [3.63, 3.8) is 0 Å². The average molecular weight is 225 g/mol. The molecular weight excluding hydrogens is 214 g/mol. The van der Waals surface area contributed by atoms with Crippen LogP contribution in [0.15, 0.2) is 42.7 Å². The third-order valence-electron chi connectivity index (χ3n) is 2.60. The number of fused-ring (bicyclic) bond motifs is 1. The van der Waals surface area contributed by atoms with Gasteiger partial charge in [0.1, 0.15) is 5.82 Å². The van der Waals surface area contributed by atoms with E-state index in [1.807, 2.05) is 40.9 Å². The smallest absolute Gasteiger partial charge is 0.254 e. The topological polar surface area (TPSA) is 69.1 Å². The molecule has 17 heavy (non-hydrogen) atoms. The summed E-state index contributed by atoms with van der Waals surface area (Å²) < 4.78 is 1.89. The van der Waals surface area contributed by atoms with Crippen LogP contribution in [0.5, 0.6) is 0 Å². The molecule has 3 rings (SSSR count). The molecule has 0 spiro atoms. The van der Waals surface area contributed by atoms with Gasteiger partial charge in [-0.2, -0.15) is 0 Å². The molecule has 0 bridgehead atoms. The van der Waals surface area contributed by atoms with Gasteiger partial charge < -0.3 is 5.73 Å². The first-order valence-electron chi connectivity index (χ1n) is 5.32. The van der Waals surface area contributed by atoms with Crippen molar-refractivity contribution in [3.05, 3.63) is 54.1 Å². The summed E-state index contributed by atoms with van der Waals surface area (Å²) in [4.78, 5) is 4.13. The highest BCUT2D eigenvalue weighted by Crippen LogP contribution is 2.10. The average Bonchev–Trinajstić information content (AvgIpc) is 2.76. The van der Waals surface area contributed by atoms with E-state index in [1.54, 1.807) is 6.20 Å². The highest BCUT2D eigenvalue weighted by Gasteiger charge is 2.05. The van der Waals surface area contributed by atoms with Crippen LogP contribution in [-0.2, 0) is 6.42 Å².